The zero-order valence-electron chi connectivity index (χ0n) is 73.2. The van der Waals surface area contributed by atoms with Crippen molar-refractivity contribution in [3.63, 3.8) is 0 Å². The van der Waals surface area contributed by atoms with Crippen molar-refractivity contribution in [3.8, 4) is 79.3 Å². The van der Waals surface area contributed by atoms with Gasteiger partial charge in [0.05, 0.1) is 51.8 Å². The number of nitro benzene ring substituents is 2. The number of fused-ring (bicyclic) bond motifs is 4. The first-order chi connectivity index (χ1) is 62.4. The van der Waals surface area contributed by atoms with E-state index >= 15 is 0 Å². The van der Waals surface area contributed by atoms with Crippen LogP contribution in [-0.4, -0.2) is 122 Å². The Labute approximate surface area is 837 Å². The molecule has 0 atom stereocenters. The van der Waals surface area contributed by atoms with Gasteiger partial charge in [-0.05, 0) is 154 Å². The first kappa shape index (κ1) is 98.1. The zero-order valence-corrected chi connectivity index (χ0v) is 79.2. The SMILES string of the molecule is CC.CNc1cc(-n2ccc3ccc(-c4cc(N)ccc4C)cc32)ncn1.CNc1cc(-n2ccc3ccc(-c4cccc(NC(=O)Nc5ccccc5OC)c4)cc32)ncn1.CNc1cc(-n2ccc3ccc(-c4cccc([N+](=O)[O-])c4)cc32)ncn1.COc1ccccc1N=C=O.O=CO[O-].O=[N+]([O-])c1cccc(-c2ccc3ccn(-c4cc(Cl)ncn4)c3c2)c1.[H-].[K+].[K+]. The molecule has 0 aliphatic heterocycles. The van der Waals surface area contributed by atoms with E-state index in [1.165, 1.54) is 43.5 Å². The van der Waals surface area contributed by atoms with E-state index in [-0.39, 0.29) is 133 Å². The Kier molecular flexibility index (Phi) is 36.4. The quantitative estimate of drug-likeness (QED) is 0.00504. The second-order valence-corrected chi connectivity index (χ2v) is 27.6. The van der Waals surface area contributed by atoms with Gasteiger partial charge in [-0.2, -0.15) is 4.99 Å². The molecule has 18 aromatic rings. The molecule has 2 amide bonds. The molecule has 35 heteroatoms. The number of carbonyl (C=O) groups is 2. The van der Waals surface area contributed by atoms with Crippen LogP contribution < -0.4 is 150 Å². The Bertz CT molecular complexity index is 7040. The number of para-hydroxylation sites is 4. The molecule has 0 aliphatic carbocycles. The van der Waals surface area contributed by atoms with Crippen LogP contribution in [0.1, 0.15) is 20.8 Å². The molecule has 32 nitrogen and oxygen atoms in total. The van der Waals surface area contributed by atoms with Crippen molar-refractivity contribution >= 4 is 125 Å². The van der Waals surface area contributed by atoms with Gasteiger partial charge in [-0.25, -0.2) is 49.5 Å². The standard InChI is InChI=1S/C27H24N6O2.C20H19N5.C19H15N5O2.C18H11ClN4O2.C8H7NO2.C2H6.CH2O3.2K.H/c1-28-25-16-26(30-17-29-25)33-13-12-18-10-11-20(15-23(18)33)19-6-5-7-21(14-19)31-27(34)32-22-8-3-4-9-24(22)35-2;1-13-3-6-16(21)10-17(13)15-5-4-14-7-8-25(18(14)9-15)20-11-19(22-2)23-12-24-20;1-20-18-11-19(22-12-21-18)23-8-7-13-5-6-15(10-17(13)23)14-3-2-4-16(9-14)24(25)26;19-17-10-18(21-11-20-17)22-7-6-12-4-5-14(9-16(12)22)13-2-1-3-15(8-13)23(24)25;1-11-8-5-3-2-4-7(8)9-6-10;1-2;2-1-4-3;;;/h3-17H,1-2H3,(H,28,29,30)(H2,31,32,34);3-12H,21H2,1-2H3,(H,22,23,24);2-12H,1H3,(H,20,21,22);1-11H;2-5H,1H3;1-2H3;1,3H;;;/q;;;;;;;2*+1;-1/p-1. The van der Waals surface area contributed by atoms with E-state index in [0.717, 1.165) is 129 Å². The number of anilines is 6. The van der Waals surface area contributed by atoms with E-state index < -0.39 is 4.92 Å². The Morgan fingerprint density at radius 2 is 0.846 bits per heavy atom. The number of benzene rings is 10. The second kappa shape index (κ2) is 48.2. The summed E-state index contributed by atoms with van der Waals surface area (Å²) in [5.41, 5.74) is 21.6. The molecule has 130 heavy (non-hydrogen) atoms. The fraction of sp³-hybridized carbons (Fsp3) is 0.0842. The van der Waals surface area contributed by atoms with Crippen molar-refractivity contribution in [1.29, 1.82) is 0 Å². The van der Waals surface area contributed by atoms with E-state index in [9.17, 15) is 29.8 Å². The number of nitrogens with two attached hydrogens (primary N) is 1. The topological polar surface area (TPSA) is 410 Å². The number of ether oxygens (including phenoxy) is 2. The van der Waals surface area contributed by atoms with Gasteiger partial charge in [0.15, 0.2) is 0 Å². The van der Waals surface area contributed by atoms with Crippen molar-refractivity contribution < 1.29 is 148 Å². The number of nitrogens with one attached hydrogen (secondary N) is 5. The van der Waals surface area contributed by atoms with Crippen LogP contribution in [0, 0.1) is 27.2 Å². The molecule has 10 aromatic carbocycles. The van der Waals surface area contributed by atoms with Crippen LogP contribution in [0.15, 0.2) is 316 Å². The van der Waals surface area contributed by atoms with Gasteiger partial charge in [0.2, 0.25) is 6.08 Å². The summed E-state index contributed by atoms with van der Waals surface area (Å²) >= 11 is 5.96. The number of aliphatic imine (C=N–C) groups is 1. The summed E-state index contributed by atoms with van der Waals surface area (Å²) in [7, 11) is 8.58. The average Bonchev–Trinajstić information content (AvgIpc) is 1.66. The van der Waals surface area contributed by atoms with E-state index in [2.05, 4.69) is 142 Å². The molecule has 0 saturated heterocycles. The predicted molar refractivity (Wildman–Crippen MR) is 499 cm³/mol. The molecule has 0 unspecified atom stereocenters. The number of hydrogen-bond donors (Lipinski definition) is 6. The van der Waals surface area contributed by atoms with Gasteiger partial charge in [-0.15, -0.1) is 0 Å². The fourth-order valence-electron chi connectivity index (χ4n) is 13.5. The maximum absolute atomic E-state index is 12.6. The number of carbonyl (C=O) groups excluding carboxylic acids is 3. The molecule has 7 N–H and O–H groups in total. The average molecular weight is 1810 g/mol. The van der Waals surface area contributed by atoms with Gasteiger partial charge in [0.1, 0.15) is 88.4 Å². The van der Waals surface area contributed by atoms with E-state index in [0.29, 0.717) is 39.5 Å². The third-order valence-corrected chi connectivity index (χ3v) is 19.8. The minimum absolute atomic E-state index is 0. The zero-order chi connectivity index (χ0) is 90.6. The number of urea groups is 1. The van der Waals surface area contributed by atoms with E-state index in [4.69, 9.17) is 36.9 Å². The number of amides is 2. The number of non-ortho nitro benzene ring substituents is 2. The molecule has 0 aliphatic rings. The van der Waals surface area contributed by atoms with Gasteiger partial charge < -0.3 is 71.6 Å². The van der Waals surface area contributed by atoms with Crippen molar-refractivity contribution in [1.82, 2.24) is 58.1 Å². The first-order valence-corrected chi connectivity index (χ1v) is 39.8. The predicted octanol–water partition coefficient (Wildman–Crippen LogP) is 13.7. The largest absolute Gasteiger partial charge is 1.00 e. The van der Waals surface area contributed by atoms with Crippen molar-refractivity contribution in [2.45, 2.75) is 20.8 Å². The third-order valence-electron chi connectivity index (χ3n) is 19.6. The number of nitrogen functional groups attached to an aromatic ring is 1. The van der Waals surface area contributed by atoms with Crippen LogP contribution in [0.25, 0.3) is 111 Å². The van der Waals surface area contributed by atoms with Gasteiger partial charge in [-0.1, -0.05) is 141 Å². The van der Waals surface area contributed by atoms with Crippen LogP contribution in [-0.2, 0) is 14.5 Å². The van der Waals surface area contributed by atoms with Crippen LogP contribution in [0.4, 0.5) is 56.4 Å². The molecule has 0 radical (unpaired) electrons. The molecule has 644 valence electrons. The molecular weight excluding hydrogens is 1720 g/mol. The number of halogens is 1. The number of methoxy groups -OCH3 is 2. The van der Waals surface area contributed by atoms with Crippen LogP contribution in [0.2, 0.25) is 5.15 Å². The summed E-state index contributed by atoms with van der Waals surface area (Å²) < 4.78 is 18.2. The van der Waals surface area contributed by atoms with Crippen molar-refractivity contribution in [2.75, 3.05) is 67.7 Å². The van der Waals surface area contributed by atoms with E-state index in [1.807, 2.05) is 200 Å². The minimum atomic E-state index is -0.395. The van der Waals surface area contributed by atoms with Crippen LogP contribution in [0.5, 0.6) is 11.5 Å². The van der Waals surface area contributed by atoms with Crippen molar-refractivity contribution in [2.24, 2.45) is 4.99 Å². The van der Waals surface area contributed by atoms with Gasteiger partial charge in [-0.3, -0.25) is 25.0 Å². The Morgan fingerprint density at radius 3 is 1.26 bits per heavy atom. The number of rotatable bonds is 19. The summed E-state index contributed by atoms with van der Waals surface area (Å²) in [6.45, 7) is 5.92. The maximum Gasteiger partial charge on any atom is 1.00 e. The van der Waals surface area contributed by atoms with Gasteiger partial charge in [0, 0.05) is 127 Å². The smallest absolute Gasteiger partial charge is 1.00 e. The Hall–Kier alpha value is -14.1. The number of nitrogens with zero attached hydrogens (tertiary/aromatic N) is 15. The number of aromatic nitrogens is 12. The normalized spacial score (nSPS) is 10.2. The molecule has 0 fully saturated rings. The molecule has 8 heterocycles. The van der Waals surface area contributed by atoms with Crippen LogP contribution >= 0.6 is 11.6 Å². The summed E-state index contributed by atoms with van der Waals surface area (Å²) in [6.07, 6.45) is 15.4. The summed E-state index contributed by atoms with van der Waals surface area (Å²) in [5, 5.41) is 50.0. The summed E-state index contributed by atoms with van der Waals surface area (Å²) in [5.74, 6) is 6.45. The maximum atomic E-state index is 12.6. The Balaban J connectivity index is 0.000000185. The van der Waals surface area contributed by atoms with Crippen LogP contribution in [0.3, 0.4) is 0 Å². The summed E-state index contributed by atoms with van der Waals surface area (Å²) in [4.78, 5) is 92.3. The molecule has 8 aromatic heterocycles. The fourth-order valence-corrected chi connectivity index (χ4v) is 13.6. The molecule has 18 rings (SSSR count). The number of aryl methyl sites for hydroxylation is 1. The van der Waals surface area contributed by atoms with Crippen molar-refractivity contribution in [3.05, 3.63) is 342 Å². The number of isocyanates is 1. The first-order valence-electron chi connectivity index (χ1n) is 39.4. The monoisotopic (exact) mass is 1810 g/mol. The second-order valence-electron chi connectivity index (χ2n) is 27.2. The Morgan fingerprint density at radius 1 is 0.462 bits per heavy atom. The van der Waals surface area contributed by atoms with E-state index in [1.54, 1.807) is 87.5 Å². The number of nitro groups is 2. The summed E-state index contributed by atoms with van der Waals surface area (Å²) in [6, 6.07) is 80.9. The molecule has 0 saturated carbocycles. The molecular formula is C95H84ClK2N21O11. The van der Waals surface area contributed by atoms with Gasteiger partial charge >= 0.3 is 109 Å². The third kappa shape index (κ3) is 25.0. The number of hydrogen-bond acceptors (Lipinski definition) is 24. The van der Waals surface area contributed by atoms with Gasteiger partial charge in [0.25, 0.3) is 17.8 Å². The minimum Gasteiger partial charge on any atom is -1.00 e. The molecule has 0 bridgehead atoms. The molecule has 0 spiro atoms.